The van der Waals surface area contributed by atoms with Crippen molar-refractivity contribution in [2.45, 2.75) is 71.3 Å². The molecule has 5 rings (SSSR count). The van der Waals surface area contributed by atoms with Crippen molar-refractivity contribution in [3.05, 3.63) is 35.9 Å². The molecule has 3 saturated carbocycles. The van der Waals surface area contributed by atoms with Gasteiger partial charge in [-0.1, -0.05) is 32.1 Å². The molecule has 0 saturated heterocycles. The van der Waals surface area contributed by atoms with E-state index in [9.17, 15) is 5.11 Å². The van der Waals surface area contributed by atoms with Gasteiger partial charge in [-0.25, -0.2) is 0 Å². The lowest BCUT2D eigenvalue weighted by molar-refractivity contribution is -0.108. The second-order valence-corrected chi connectivity index (χ2v) is 10.7. The van der Waals surface area contributed by atoms with Crippen molar-refractivity contribution in [2.24, 2.45) is 34.5 Å². The van der Waals surface area contributed by atoms with E-state index in [1.807, 2.05) is 0 Å². The van der Waals surface area contributed by atoms with Crippen molar-refractivity contribution in [3.63, 3.8) is 0 Å². The summed E-state index contributed by atoms with van der Waals surface area (Å²) in [6, 6.07) is 8.64. The first-order valence-electron chi connectivity index (χ1n) is 11.5. The molecule has 1 N–H and O–H groups in total. The molecule has 0 bridgehead atoms. The van der Waals surface area contributed by atoms with Gasteiger partial charge in [0.2, 0.25) is 0 Å². The van der Waals surface area contributed by atoms with Crippen molar-refractivity contribution in [1.29, 1.82) is 0 Å². The van der Waals surface area contributed by atoms with Crippen LogP contribution in [0, 0.1) is 34.5 Å². The van der Waals surface area contributed by atoms with Gasteiger partial charge in [-0.15, -0.1) is 0 Å². The fourth-order valence-electron chi connectivity index (χ4n) is 7.89. The van der Waals surface area contributed by atoms with Crippen LogP contribution in [0.3, 0.4) is 0 Å². The Hall–Kier alpha value is -1.28. The highest BCUT2D eigenvalue weighted by Gasteiger charge is 2.59. The normalized spacial score (nSPS) is 44.9. The van der Waals surface area contributed by atoms with Gasteiger partial charge in [0.25, 0.3) is 0 Å². The lowest BCUT2D eigenvalue weighted by Gasteiger charge is -2.59. The number of hydrogen-bond acceptors (Lipinski definition) is 2. The summed E-state index contributed by atoms with van der Waals surface area (Å²) in [6.07, 6.45) is 12.6. The molecule has 0 spiro atoms. The molecule has 1 aromatic rings. The van der Waals surface area contributed by atoms with Crippen LogP contribution in [0.15, 0.2) is 30.3 Å². The van der Waals surface area contributed by atoms with Crippen molar-refractivity contribution >= 4 is 5.57 Å². The van der Waals surface area contributed by atoms with E-state index in [4.69, 9.17) is 4.74 Å². The van der Waals surface area contributed by atoms with Crippen LogP contribution >= 0.6 is 0 Å². The van der Waals surface area contributed by atoms with Crippen molar-refractivity contribution in [3.8, 4) is 5.75 Å². The maximum atomic E-state index is 10.7. The number of hydrogen-bond donors (Lipinski definition) is 1. The molecule has 0 aliphatic heterocycles. The van der Waals surface area contributed by atoms with Gasteiger partial charge in [0, 0.05) is 0 Å². The fraction of sp³-hybridized carbons (Fsp3) is 0.692. The van der Waals surface area contributed by atoms with Crippen LogP contribution in [0.5, 0.6) is 5.75 Å². The third-order valence-electron chi connectivity index (χ3n) is 9.73. The average Bonchev–Trinajstić information content (AvgIpc) is 3.02. The Balaban J connectivity index is 1.40. The van der Waals surface area contributed by atoms with Gasteiger partial charge >= 0.3 is 0 Å². The number of allylic oxidation sites excluding steroid dienone is 2. The summed E-state index contributed by atoms with van der Waals surface area (Å²) in [4.78, 5) is 0. The van der Waals surface area contributed by atoms with Crippen LogP contribution in [0.4, 0.5) is 0 Å². The van der Waals surface area contributed by atoms with Crippen molar-refractivity contribution in [1.82, 2.24) is 0 Å². The molecule has 3 fully saturated rings. The first kappa shape index (κ1) is 18.7. The highest BCUT2D eigenvalue weighted by atomic mass is 16.5. The highest BCUT2D eigenvalue weighted by Crippen LogP contribution is 2.66. The zero-order valence-electron chi connectivity index (χ0n) is 17.8. The molecule has 152 valence electrons. The zero-order valence-corrected chi connectivity index (χ0v) is 17.8. The Kier molecular flexibility index (Phi) is 4.43. The summed E-state index contributed by atoms with van der Waals surface area (Å²) in [5, 5.41) is 10.7. The topological polar surface area (TPSA) is 29.5 Å². The molecule has 4 aliphatic carbocycles. The summed E-state index contributed by atoms with van der Waals surface area (Å²) in [7, 11) is 1.73. The molecule has 2 heteroatoms. The Morgan fingerprint density at radius 1 is 0.929 bits per heavy atom. The number of methoxy groups -OCH3 is 1. The summed E-state index contributed by atoms with van der Waals surface area (Å²) < 4.78 is 5.33. The third-order valence-corrected chi connectivity index (χ3v) is 9.73. The van der Waals surface area contributed by atoms with Crippen molar-refractivity contribution < 1.29 is 9.84 Å². The van der Waals surface area contributed by atoms with Crippen LogP contribution in [-0.4, -0.2) is 18.3 Å². The van der Waals surface area contributed by atoms with Gasteiger partial charge in [0.1, 0.15) is 5.75 Å². The predicted molar refractivity (Wildman–Crippen MR) is 114 cm³/mol. The Labute approximate surface area is 170 Å². The predicted octanol–water partition coefficient (Wildman–Crippen LogP) is 6.09. The minimum absolute atomic E-state index is 0.0584. The molecule has 0 amide bonds. The Morgan fingerprint density at radius 3 is 2.43 bits per heavy atom. The van der Waals surface area contributed by atoms with Gasteiger partial charge in [-0.3, -0.25) is 0 Å². The zero-order chi connectivity index (χ0) is 19.5. The second-order valence-electron chi connectivity index (χ2n) is 10.7. The van der Waals surface area contributed by atoms with Crippen LogP contribution in [0.1, 0.15) is 70.8 Å². The lowest BCUT2D eigenvalue weighted by atomic mass is 9.45. The Morgan fingerprint density at radius 2 is 1.68 bits per heavy atom. The van der Waals surface area contributed by atoms with Crippen molar-refractivity contribution in [2.75, 3.05) is 7.11 Å². The summed E-state index contributed by atoms with van der Waals surface area (Å²) in [5.74, 6) is 4.20. The third kappa shape index (κ3) is 2.63. The summed E-state index contributed by atoms with van der Waals surface area (Å²) in [5.41, 5.74) is 3.57. The van der Waals surface area contributed by atoms with E-state index in [1.54, 1.807) is 12.7 Å². The summed E-state index contributed by atoms with van der Waals surface area (Å²) in [6.45, 7) is 4.99. The maximum absolute atomic E-state index is 10.7. The molecule has 0 heterocycles. The average molecular weight is 381 g/mol. The van der Waals surface area contributed by atoms with Crippen LogP contribution in [-0.2, 0) is 0 Å². The molecule has 4 aliphatic rings. The first-order valence-corrected chi connectivity index (χ1v) is 11.5. The summed E-state index contributed by atoms with van der Waals surface area (Å²) >= 11 is 0. The molecule has 28 heavy (non-hydrogen) atoms. The minimum atomic E-state index is -0.0584. The molecule has 0 radical (unpaired) electrons. The second kappa shape index (κ2) is 6.62. The highest BCUT2D eigenvalue weighted by molar-refractivity contribution is 5.67. The van der Waals surface area contributed by atoms with E-state index in [0.717, 1.165) is 35.8 Å². The van der Waals surface area contributed by atoms with E-state index in [-0.39, 0.29) is 11.5 Å². The number of rotatable bonds is 2. The van der Waals surface area contributed by atoms with Gasteiger partial charge in [0.05, 0.1) is 13.2 Å². The standard InChI is InChI=1S/C26H36O2/c1-25-14-12-18(17-4-7-20(28-3)8-5-17)16-19(25)6-9-21-22-10-11-24(27)26(22,2)15-13-23(21)25/h4-5,7-8,12,19,21-24,27H,6,9-11,13-16H2,1-3H3/t19-,21?,22?,23?,24-,25-,26-/m0/s1. The maximum Gasteiger partial charge on any atom is 0.118 e. The monoisotopic (exact) mass is 380 g/mol. The number of ether oxygens (including phenoxy) is 1. The van der Waals surface area contributed by atoms with Crippen LogP contribution in [0.2, 0.25) is 0 Å². The van der Waals surface area contributed by atoms with E-state index in [2.05, 4.69) is 44.2 Å². The van der Waals surface area contributed by atoms with E-state index >= 15 is 0 Å². The van der Waals surface area contributed by atoms with Gasteiger partial charge < -0.3 is 9.84 Å². The van der Waals surface area contributed by atoms with E-state index in [1.165, 1.54) is 50.5 Å². The first-order chi connectivity index (χ1) is 13.5. The van der Waals surface area contributed by atoms with Gasteiger partial charge in [-0.05, 0) is 109 Å². The molecule has 2 nitrogen and oxygen atoms in total. The largest absolute Gasteiger partial charge is 0.497 e. The Bertz CT molecular complexity index is 765. The number of benzene rings is 1. The minimum Gasteiger partial charge on any atom is -0.497 e. The van der Waals surface area contributed by atoms with E-state index in [0.29, 0.717) is 5.41 Å². The number of aliphatic hydroxyl groups excluding tert-OH is 1. The van der Waals surface area contributed by atoms with Crippen LogP contribution < -0.4 is 4.74 Å². The molecule has 7 atom stereocenters. The molecule has 3 unspecified atom stereocenters. The molecular formula is C26H36O2. The van der Waals surface area contributed by atoms with Gasteiger partial charge in [-0.2, -0.15) is 0 Å². The number of aliphatic hydroxyl groups is 1. The molecular weight excluding hydrogens is 344 g/mol. The SMILES string of the molecule is COc1ccc(C2=CC[C@]3(C)C4CC[C@@]5(C)C(CC[C@@H]5O)C4CC[C@H]3C2)cc1. The number of fused-ring (bicyclic) bond motifs is 5. The lowest BCUT2D eigenvalue weighted by Crippen LogP contribution is -2.53. The van der Waals surface area contributed by atoms with Gasteiger partial charge in [0.15, 0.2) is 0 Å². The van der Waals surface area contributed by atoms with Crippen LogP contribution in [0.25, 0.3) is 5.57 Å². The smallest absolute Gasteiger partial charge is 0.118 e. The molecule has 0 aromatic heterocycles. The molecule has 1 aromatic carbocycles. The van der Waals surface area contributed by atoms with E-state index < -0.39 is 0 Å². The quantitative estimate of drug-likeness (QED) is 0.672. The fourth-order valence-corrected chi connectivity index (χ4v) is 7.89.